The molecule has 1 aromatic carbocycles. The molecule has 5 nitrogen and oxygen atoms in total. The molecule has 0 radical (unpaired) electrons. The number of Topliss-reactive ketones (excluding diaryl/α,β-unsaturated/α-hetero) is 1. The van der Waals surface area contributed by atoms with Crippen molar-refractivity contribution in [1.29, 1.82) is 0 Å². The minimum Gasteiger partial charge on any atom is -0.468 e. The van der Waals surface area contributed by atoms with Crippen molar-refractivity contribution >= 4 is 11.8 Å². The zero-order valence-corrected chi connectivity index (χ0v) is 13.0. The second-order valence-electron chi connectivity index (χ2n) is 5.31. The van der Waals surface area contributed by atoms with Crippen LogP contribution in [0.4, 0.5) is 0 Å². The van der Waals surface area contributed by atoms with Gasteiger partial charge in [-0.3, -0.25) is 9.59 Å². The fraction of sp³-hybridized carbons (Fsp3) is 0.500. The van der Waals surface area contributed by atoms with Crippen LogP contribution >= 0.6 is 0 Å². The van der Waals surface area contributed by atoms with Gasteiger partial charge in [-0.05, 0) is 44.5 Å². The topological polar surface area (TPSA) is 61.8 Å². The van der Waals surface area contributed by atoms with E-state index in [1.165, 1.54) is 7.11 Å². The van der Waals surface area contributed by atoms with Crippen molar-refractivity contribution in [3.05, 3.63) is 29.8 Å². The number of benzene rings is 1. The van der Waals surface area contributed by atoms with Gasteiger partial charge in [0.1, 0.15) is 5.75 Å². The van der Waals surface area contributed by atoms with Crippen molar-refractivity contribution in [3.63, 3.8) is 0 Å². The summed E-state index contributed by atoms with van der Waals surface area (Å²) in [5, 5.41) is 0. The fourth-order valence-corrected chi connectivity index (χ4v) is 1.42. The first-order chi connectivity index (χ1) is 9.90. The van der Waals surface area contributed by atoms with E-state index in [-0.39, 0.29) is 25.2 Å². The molecule has 1 rings (SSSR count). The third-order valence-corrected chi connectivity index (χ3v) is 3.29. The molecule has 0 amide bonds. The number of ketones is 1. The molecule has 5 heteroatoms. The monoisotopic (exact) mass is 294 g/mol. The molecule has 0 spiro atoms. The number of hydrogen-bond donors (Lipinski definition) is 0. The second kappa shape index (κ2) is 7.78. The van der Waals surface area contributed by atoms with E-state index in [1.807, 2.05) is 6.92 Å². The van der Waals surface area contributed by atoms with Gasteiger partial charge in [0, 0.05) is 12.7 Å². The highest BCUT2D eigenvalue weighted by atomic mass is 16.7. The number of rotatable bonds is 8. The molecular formula is C16H22O5. The highest BCUT2D eigenvalue weighted by Gasteiger charge is 2.27. The zero-order valence-electron chi connectivity index (χ0n) is 13.0. The molecule has 0 atom stereocenters. The molecule has 0 fully saturated rings. The first-order valence-corrected chi connectivity index (χ1v) is 6.83. The summed E-state index contributed by atoms with van der Waals surface area (Å²) in [5.74, 6) is 0.00412. The number of esters is 1. The summed E-state index contributed by atoms with van der Waals surface area (Å²) in [7, 11) is 1.53. The molecule has 0 saturated carbocycles. The van der Waals surface area contributed by atoms with E-state index < -0.39 is 5.41 Å². The van der Waals surface area contributed by atoms with Gasteiger partial charge in [-0.2, -0.15) is 0 Å². The summed E-state index contributed by atoms with van der Waals surface area (Å²) in [6.07, 6.45) is 0.658. The van der Waals surface area contributed by atoms with Crippen LogP contribution in [0.15, 0.2) is 24.3 Å². The van der Waals surface area contributed by atoms with Gasteiger partial charge in [-0.15, -0.1) is 0 Å². The predicted octanol–water partition coefficient (Wildman–Crippen LogP) is 2.83. The summed E-state index contributed by atoms with van der Waals surface area (Å²) in [6, 6.07) is 6.60. The molecular weight excluding hydrogens is 272 g/mol. The van der Waals surface area contributed by atoms with Crippen LogP contribution in [0.1, 0.15) is 37.6 Å². The van der Waals surface area contributed by atoms with Crippen LogP contribution in [0.2, 0.25) is 0 Å². The van der Waals surface area contributed by atoms with E-state index in [0.717, 1.165) is 0 Å². The quantitative estimate of drug-likeness (QED) is 0.419. The molecule has 0 aliphatic carbocycles. The van der Waals surface area contributed by atoms with Crippen LogP contribution in [0.3, 0.4) is 0 Å². The summed E-state index contributed by atoms with van der Waals surface area (Å²) >= 11 is 0. The third-order valence-electron chi connectivity index (χ3n) is 3.29. The lowest BCUT2D eigenvalue weighted by Crippen LogP contribution is -2.27. The molecule has 0 aliphatic heterocycles. The van der Waals surface area contributed by atoms with Crippen LogP contribution in [0.25, 0.3) is 0 Å². The van der Waals surface area contributed by atoms with Gasteiger partial charge < -0.3 is 14.2 Å². The average Bonchev–Trinajstić information content (AvgIpc) is 2.50. The van der Waals surface area contributed by atoms with Crippen molar-refractivity contribution < 1.29 is 23.8 Å². The summed E-state index contributed by atoms with van der Waals surface area (Å²) in [5.41, 5.74) is -0.0973. The van der Waals surface area contributed by atoms with Crippen LogP contribution < -0.4 is 4.74 Å². The largest absolute Gasteiger partial charge is 0.468 e. The van der Waals surface area contributed by atoms with Crippen LogP contribution in [-0.4, -0.2) is 32.3 Å². The third kappa shape index (κ3) is 5.19. The van der Waals surface area contributed by atoms with Crippen molar-refractivity contribution in [2.24, 2.45) is 5.41 Å². The van der Waals surface area contributed by atoms with Crippen LogP contribution in [-0.2, 0) is 14.3 Å². The summed E-state index contributed by atoms with van der Waals surface area (Å²) < 4.78 is 15.1. The van der Waals surface area contributed by atoms with Gasteiger partial charge in [-0.1, -0.05) is 6.92 Å². The van der Waals surface area contributed by atoms with Gasteiger partial charge in [0.05, 0.1) is 5.41 Å². The van der Waals surface area contributed by atoms with Gasteiger partial charge in [-0.25, -0.2) is 0 Å². The highest BCUT2D eigenvalue weighted by Crippen LogP contribution is 2.21. The molecule has 21 heavy (non-hydrogen) atoms. The van der Waals surface area contributed by atoms with E-state index in [1.54, 1.807) is 38.1 Å². The van der Waals surface area contributed by atoms with E-state index in [0.29, 0.717) is 17.7 Å². The Labute approximate surface area is 125 Å². The van der Waals surface area contributed by atoms with E-state index in [9.17, 15) is 9.59 Å². The second-order valence-corrected chi connectivity index (χ2v) is 5.31. The minimum atomic E-state index is -0.571. The van der Waals surface area contributed by atoms with Crippen molar-refractivity contribution in [2.45, 2.75) is 27.2 Å². The Balaban J connectivity index is 2.54. The molecule has 1 aromatic rings. The van der Waals surface area contributed by atoms with Gasteiger partial charge >= 0.3 is 5.97 Å². The molecule has 0 saturated heterocycles. The highest BCUT2D eigenvalue weighted by molar-refractivity contribution is 5.98. The average molecular weight is 294 g/mol. The standard InChI is InChI=1S/C16H22O5/c1-5-16(2,3)15(18)20-10-14(17)12-6-8-13(9-7-12)21-11-19-4/h6-9H,5,10-11H2,1-4H3. The number of hydrogen-bond acceptors (Lipinski definition) is 5. The lowest BCUT2D eigenvalue weighted by molar-refractivity contribution is -0.152. The Morgan fingerprint density at radius 1 is 1.14 bits per heavy atom. The van der Waals surface area contributed by atoms with Gasteiger partial charge in [0.25, 0.3) is 0 Å². The molecule has 0 heterocycles. The maximum atomic E-state index is 11.9. The zero-order chi connectivity index (χ0) is 15.9. The molecule has 116 valence electrons. The Bertz CT molecular complexity index is 476. The lowest BCUT2D eigenvalue weighted by Gasteiger charge is -2.19. The maximum absolute atomic E-state index is 11.9. The molecule has 0 aromatic heterocycles. The van der Waals surface area contributed by atoms with Gasteiger partial charge in [0.2, 0.25) is 0 Å². The molecule has 0 N–H and O–H groups in total. The minimum absolute atomic E-state index is 0.150. The van der Waals surface area contributed by atoms with Crippen LogP contribution in [0.5, 0.6) is 5.75 Å². The maximum Gasteiger partial charge on any atom is 0.311 e. The van der Waals surface area contributed by atoms with Crippen LogP contribution in [0, 0.1) is 5.41 Å². The molecule has 0 bridgehead atoms. The SMILES string of the molecule is CCC(C)(C)C(=O)OCC(=O)c1ccc(OCOC)cc1. The number of methoxy groups -OCH3 is 1. The summed E-state index contributed by atoms with van der Waals surface area (Å²) in [4.78, 5) is 23.7. The fourth-order valence-electron chi connectivity index (χ4n) is 1.42. The molecule has 0 aliphatic rings. The van der Waals surface area contributed by atoms with E-state index in [4.69, 9.17) is 14.2 Å². The number of ether oxygens (including phenoxy) is 3. The first-order valence-electron chi connectivity index (χ1n) is 6.83. The normalized spacial score (nSPS) is 11.0. The Morgan fingerprint density at radius 2 is 1.76 bits per heavy atom. The first kappa shape index (κ1) is 17.2. The van der Waals surface area contributed by atoms with Crippen molar-refractivity contribution in [3.8, 4) is 5.75 Å². The Hall–Kier alpha value is -1.88. The lowest BCUT2D eigenvalue weighted by atomic mass is 9.91. The van der Waals surface area contributed by atoms with Gasteiger partial charge in [0.15, 0.2) is 19.2 Å². The Kier molecular flexibility index (Phi) is 6.37. The van der Waals surface area contributed by atoms with Crippen molar-refractivity contribution in [2.75, 3.05) is 20.5 Å². The Morgan fingerprint density at radius 3 is 2.29 bits per heavy atom. The summed E-state index contributed by atoms with van der Waals surface area (Å²) in [6.45, 7) is 5.39. The van der Waals surface area contributed by atoms with Crippen molar-refractivity contribution in [1.82, 2.24) is 0 Å². The smallest absolute Gasteiger partial charge is 0.311 e. The van der Waals surface area contributed by atoms with E-state index in [2.05, 4.69) is 0 Å². The molecule has 0 unspecified atom stereocenters. The van der Waals surface area contributed by atoms with E-state index >= 15 is 0 Å². The number of carbonyl (C=O) groups is 2. The predicted molar refractivity (Wildman–Crippen MR) is 78.3 cm³/mol. The number of carbonyl (C=O) groups excluding carboxylic acids is 2.